The zero-order chi connectivity index (χ0) is 23.5. The summed E-state index contributed by atoms with van der Waals surface area (Å²) in [6.45, 7) is 1.95. The minimum Gasteiger partial charge on any atom is -0.465 e. The average Bonchev–Trinajstić information content (AvgIpc) is 3.53. The monoisotopic (exact) mass is 463 g/mol. The second kappa shape index (κ2) is 9.70. The highest BCUT2D eigenvalue weighted by molar-refractivity contribution is 5.89. The van der Waals surface area contributed by atoms with Gasteiger partial charge in [0.15, 0.2) is 0 Å². The maximum Gasteiger partial charge on any atom is 0.410 e. The highest BCUT2D eigenvalue weighted by Crippen LogP contribution is 2.36. The van der Waals surface area contributed by atoms with Crippen LogP contribution in [-0.2, 0) is 15.9 Å². The van der Waals surface area contributed by atoms with E-state index in [1.54, 1.807) is 18.5 Å². The molecule has 0 spiro atoms. The van der Waals surface area contributed by atoms with E-state index in [4.69, 9.17) is 9.47 Å². The van der Waals surface area contributed by atoms with Crippen LogP contribution in [0.2, 0.25) is 0 Å². The maximum atomic E-state index is 12.9. The van der Waals surface area contributed by atoms with Crippen molar-refractivity contribution in [3.05, 3.63) is 54.0 Å². The molecule has 2 atom stereocenters. The number of nitrogens with zero attached hydrogens (tertiary/aromatic N) is 4. The third kappa shape index (κ3) is 4.30. The second-order valence-corrected chi connectivity index (χ2v) is 8.80. The number of rotatable bonds is 6. The van der Waals surface area contributed by atoms with E-state index < -0.39 is 0 Å². The lowest BCUT2D eigenvalue weighted by atomic mass is 9.97. The Morgan fingerprint density at radius 3 is 2.76 bits per heavy atom. The lowest BCUT2D eigenvalue weighted by Gasteiger charge is -2.39. The Bertz CT molecular complexity index is 1160. The smallest absolute Gasteiger partial charge is 0.410 e. The van der Waals surface area contributed by atoms with Gasteiger partial charge in [-0.25, -0.2) is 19.6 Å². The number of hydrogen-bond acceptors (Lipinski definition) is 7. The van der Waals surface area contributed by atoms with Crippen LogP contribution in [0.5, 0.6) is 0 Å². The van der Waals surface area contributed by atoms with E-state index in [1.807, 2.05) is 29.3 Å². The number of aromatic nitrogens is 3. The largest absolute Gasteiger partial charge is 0.465 e. The summed E-state index contributed by atoms with van der Waals surface area (Å²) in [5.41, 5.74) is 2.46. The molecule has 9 heteroatoms. The lowest BCUT2D eigenvalue weighted by Crippen LogP contribution is -2.52. The number of aryl methyl sites for hydroxylation is 1. The molecule has 2 aliphatic rings. The molecule has 0 bridgehead atoms. The van der Waals surface area contributed by atoms with Gasteiger partial charge in [-0.1, -0.05) is 12.1 Å². The summed E-state index contributed by atoms with van der Waals surface area (Å²) in [5.74, 6) is 0.593. The van der Waals surface area contributed by atoms with E-state index in [2.05, 4.69) is 19.9 Å². The number of carbonyl (C=O) groups is 2. The zero-order valence-electron chi connectivity index (χ0n) is 19.3. The summed E-state index contributed by atoms with van der Waals surface area (Å²) < 4.78 is 10.4. The minimum absolute atomic E-state index is 0.135. The fourth-order valence-electron chi connectivity index (χ4n) is 5.21. The molecule has 2 saturated heterocycles. The first-order valence-electron chi connectivity index (χ1n) is 11.8. The zero-order valence-corrected chi connectivity index (χ0v) is 19.3. The summed E-state index contributed by atoms with van der Waals surface area (Å²) in [7, 11) is 1.37. The number of H-pyrrole nitrogens is 1. The van der Waals surface area contributed by atoms with E-state index in [9.17, 15) is 9.59 Å². The first-order chi connectivity index (χ1) is 16.7. The van der Waals surface area contributed by atoms with Gasteiger partial charge in [0.05, 0.1) is 36.8 Å². The fourth-order valence-corrected chi connectivity index (χ4v) is 5.21. The summed E-state index contributed by atoms with van der Waals surface area (Å²) in [4.78, 5) is 40.7. The molecule has 2 fully saturated rings. The summed E-state index contributed by atoms with van der Waals surface area (Å²) >= 11 is 0. The Morgan fingerprint density at radius 2 is 1.94 bits per heavy atom. The molecule has 2 aliphatic heterocycles. The molecule has 0 aliphatic carbocycles. The van der Waals surface area contributed by atoms with Crippen molar-refractivity contribution in [1.29, 1.82) is 0 Å². The maximum absolute atomic E-state index is 12.9. The Kier molecular flexibility index (Phi) is 6.33. The van der Waals surface area contributed by atoms with Crippen LogP contribution in [0.1, 0.15) is 41.6 Å². The topological polar surface area (TPSA) is 101 Å². The van der Waals surface area contributed by atoms with Crippen molar-refractivity contribution < 1.29 is 19.1 Å². The van der Waals surface area contributed by atoms with Crippen molar-refractivity contribution in [2.45, 2.75) is 44.2 Å². The molecule has 1 amide bonds. The van der Waals surface area contributed by atoms with Crippen LogP contribution in [0.4, 0.5) is 10.6 Å². The number of methoxy groups -OCH3 is 1. The van der Waals surface area contributed by atoms with E-state index in [-0.39, 0.29) is 24.1 Å². The Balaban J connectivity index is 1.15. The summed E-state index contributed by atoms with van der Waals surface area (Å²) in [6, 6.07) is 9.71. The quantitative estimate of drug-likeness (QED) is 0.441. The van der Waals surface area contributed by atoms with Crippen LogP contribution in [0.15, 0.2) is 42.9 Å². The second-order valence-electron chi connectivity index (χ2n) is 8.80. The number of likely N-dealkylation sites (tertiary alicyclic amines) is 1. The summed E-state index contributed by atoms with van der Waals surface area (Å²) in [6.07, 6.45) is 7.63. The molecule has 4 heterocycles. The molecule has 5 rings (SSSR count). The molecule has 0 unspecified atom stereocenters. The first kappa shape index (κ1) is 22.2. The van der Waals surface area contributed by atoms with Crippen molar-refractivity contribution in [2.75, 3.05) is 31.7 Å². The standard InChI is InChI=1S/C25H29N5O4/c1-33-24(31)18-8-6-17(7-9-18)4-3-15-34-25(32)30-13-2-5-20-21(30)11-14-29(20)23-19-10-12-26-22(19)27-16-28-23/h6-10,12,16,20-21H,2-5,11,13-15H2,1H3,(H,26,27,28)/t20-,21-/m1/s1. The number of nitrogens with one attached hydrogen (secondary N) is 1. The van der Waals surface area contributed by atoms with Crippen LogP contribution < -0.4 is 4.90 Å². The molecule has 178 valence electrons. The normalized spacial score (nSPS) is 19.8. The van der Waals surface area contributed by atoms with Crippen molar-refractivity contribution in [2.24, 2.45) is 0 Å². The third-order valence-corrected chi connectivity index (χ3v) is 6.86. The van der Waals surface area contributed by atoms with Crippen molar-refractivity contribution in [3.8, 4) is 0 Å². The van der Waals surface area contributed by atoms with Crippen LogP contribution in [0.25, 0.3) is 11.0 Å². The highest BCUT2D eigenvalue weighted by Gasteiger charge is 2.43. The molecule has 2 aromatic heterocycles. The van der Waals surface area contributed by atoms with Crippen LogP contribution in [0, 0.1) is 0 Å². The number of fused-ring (bicyclic) bond motifs is 2. The number of aromatic amines is 1. The van der Waals surface area contributed by atoms with Gasteiger partial charge < -0.3 is 24.3 Å². The number of amides is 1. The van der Waals surface area contributed by atoms with Crippen LogP contribution in [0.3, 0.4) is 0 Å². The van der Waals surface area contributed by atoms with Crippen LogP contribution >= 0.6 is 0 Å². The van der Waals surface area contributed by atoms with Crippen molar-refractivity contribution in [1.82, 2.24) is 19.9 Å². The van der Waals surface area contributed by atoms with Gasteiger partial charge in [0.1, 0.15) is 17.8 Å². The van der Waals surface area contributed by atoms with Gasteiger partial charge in [0.25, 0.3) is 0 Å². The third-order valence-electron chi connectivity index (χ3n) is 6.86. The average molecular weight is 464 g/mol. The van der Waals surface area contributed by atoms with Gasteiger partial charge >= 0.3 is 12.1 Å². The molecule has 3 aromatic rings. The fraction of sp³-hybridized carbons (Fsp3) is 0.440. The first-order valence-corrected chi connectivity index (χ1v) is 11.8. The van der Waals surface area contributed by atoms with E-state index in [0.29, 0.717) is 12.2 Å². The Morgan fingerprint density at radius 1 is 1.09 bits per heavy atom. The Hall–Kier alpha value is -3.62. The van der Waals surface area contributed by atoms with Gasteiger partial charge in [-0.05, 0) is 55.9 Å². The Labute approximate surface area is 198 Å². The molecule has 1 N–H and O–H groups in total. The molecule has 0 saturated carbocycles. The number of carbonyl (C=O) groups excluding carboxylic acids is 2. The van der Waals surface area contributed by atoms with Gasteiger partial charge in [-0.2, -0.15) is 0 Å². The van der Waals surface area contributed by atoms with Gasteiger partial charge in [-0.15, -0.1) is 0 Å². The van der Waals surface area contributed by atoms with Gasteiger partial charge in [0, 0.05) is 19.3 Å². The SMILES string of the molecule is COC(=O)c1ccc(CCCOC(=O)N2CCC[C@@H]3[C@H]2CCN3c2ncnc3[nH]ccc23)cc1. The molecule has 34 heavy (non-hydrogen) atoms. The van der Waals surface area contributed by atoms with Crippen molar-refractivity contribution >= 4 is 28.9 Å². The van der Waals surface area contributed by atoms with Crippen molar-refractivity contribution in [3.63, 3.8) is 0 Å². The number of benzene rings is 1. The summed E-state index contributed by atoms with van der Waals surface area (Å²) in [5, 5.41) is 1.02. The molecule has 9 nitrogen and oxygen atoms in total. The molecule has 1 aromatic carbocycles. The molecule has 0 radical (unpaired) electrons. The predicted molar refractivity (Wildman–Crippen MR) is 127 cm³/mol. The number of piperidine rings is 1. The van der Waals surface area contributed by atoms with E-state index in [0.717, 1.165) is 67.6 Å². The van der Waals surface area contributed by atoms with Crippen LogP contribution in [-0.4, -0.2) is 70.8 Å². The number of esters is 1. The minimum atomic E-state index is -0.344. The van der Waals surface area contributed by atoms with Gasteiger partial charge in [0.2, 0.25) is 0 Å². The lowest BCUT2D eigenvalue weighted by molar-refractivity contribution is 0.0600. The molecular formula is C25H29N5O4. The van der Waals surface area contributed by atoms with E-state index >= 15 is 0 Å². The predicted octanol–water partition coefficient (Wildman–Crippen LogP) is 3.56. The highest BCUT2D eigenvalue weighted by atomic mass is 16.6. The number of hydrogen-bond donors (Lipinski definition) is 1. The number of ether oxygens (including phenoxy) is 2. The molecular weight excluding hydrogens is 434 g/mol. The number of anilines is 1. The van der Waals surface area contributed by atoms with Gasteiger partial charge in [-0.3, -0.25) is 0 Å². The van der Waals surface area contributed by atoms with E-state index in [1.165, 1.54) is 7.11 Å².